The molecule has 3 heteroatoms. The second kappa shape index (κ2) is 3.40. The molecule has 0 radical (unpaired) electrons. The fourth-order valence-electron chi connectivity index (χ4n) is 1.83. The quantitative estimate of drug-likeness (QED) is 0.680. The van der Waals surface area contributed by atoms with Gasteiger partial charge in [-0.25, -0.2) is 0 Å². The lowest BCUT2D eigenvalue weighted by molar-refractivity contribution is 0.0971. The highest BCUT2D eigenvalue weighted by atomic mass is 16.5. The van der Waals surface area contributed by atoms with E-state index in [0.717, 1.165) is 29.8 Å². The molecule has 1 aliphatic carbocycles. The van der Waals surface area contributed by atoms with Crippen molar-refractivity contribution in [1.29, 1.82) is 0 Å². The van der Waals surface area contributed by atoms with E-state index < -0.39 is 0 Å². The van der Waals surface area contributed by atoms with Crippen molar-refractivity contribution in [2.45, 2.75) is 26.2 Å². The number of nitrogens with zero attached hydrogens (tertiary/aromatic N) is 1. The Balaban J connectivity index is 2.54. The Kier molecular flexibility index (Phi) is 2.23. The molecule has 0 aromatic carbocycles. The highest BCUT2D eigenvalue weighted by Crippen LogP contribution is 2.25. The Morgan fingerprint density at radius 1 is 1.43 bits per heavy atom. The van der Waals surface area contributed by atoms with Crippen LogP contribution in [0.5, 0.6) is 5.75 Å². The van der Waals surface area contributed by atoms with Crippen LogP contribution in [0.15, 0.2) is 6.07 Å². The summed E-state index contributed by atoms with van der Waals surface area (Å²) in [5.74, 6) is 0.899. The van der Waals surface area contributed by atoms with E-state index in [1.165, 1.54) is 0 Å². The number of carbonyl (C=O) groups is 1. The number of fused-ring (bicyclic) bond motifs is 1. The molecule has 0 spiro atoms. The van der Waals surface area contributed by atoms with Gasteiger partial charge in [-0.1, -0.05) is 0 Å². The zero-order valence-corrected chi connectivity index (χ0v) is 8.46. The van der Waals surface area contributed by atoms with Gasteiger partial charge in [0.2, 0.25) is 0 Å². The molecule has 0 bridgehead atoms. The number of aromatic nitrogens is 1. The van der Waals surface area contributed by atoms with E-state index in [-0.39, 0.29) is 5.78 Å². The standard InChI is InChI=1S/C11H13NO2/c1-7-11(14-2)6-8-9(12-7)4-3-5-10(8)13/h6H,3-5H2,1-2H3. The molecule has 0 unspecified atom stereocenters. The molecule has 1 aliphatic rings. The maximum atomic E-state index is 11.6. The fourth-order valence-corrected chi connectivity index (χ4v) is 1.83. The number of aryl methyl sites for hydroxylation is 2. The Morgan fingerprint density at radius 2 is 2.21 bits per heavy atom. The highest BCUT2D eigenvalue weighted by molar-refractivity contribution is 5.98. The number of hydrogen-bond acceptors (Lipinski definition) is 3. The third-order valence-electron chi connectivity index (χ3n) is 2.58. The van der Waals surface area contributed by atoms with Gasteiger partial charge in [0.1, 0.15) is 5.75 Å². The van der Waals surface area contributed by atoms with Crippen LogP contribution in [0.4, 0.5) is 0 Å². The summed E-state index contributed by atoms with van der Waals surface area (Å²) in [5.41, 5.74) is 2.54. The van der Waals surface area contributed by atoms with Crippen LogP contribution in [-0.4, -0.2) is 17.9 Å². The summed E-state index contributed by atoms with van der Waals surface area (Å²) in [7, 11) is 1.60. The van der Waals surface area contributed by atoms with E-state index in [1.54, 1.807) is 7.11 Å². The number of pyridine rings is 1. The van der Waals surface area contributed by atoms with Crippen LogP contribution in [0.3, 0.4) is 0 Å². The van der Waals surface area contributed by atoms with Crippen LogP contribution >= 0.6 is 0 Å². The first-order valence-electron chi connectivity index (χ1n) is 4.80. The zero-order chi connectivity index (χ0) is 10.1. The molecule has 0 N–H and O–H groups in total. The van der Waals surface area contributed by atoms with Gasteiger partial charge < -0.3 is 4.74 Å². The summed E-state index contributed by atoms with van der Waals surface area (Å²) < 4.78 is 5.14. The van der Waals surface area contributed by atoms with Gasteiger partial charge in [0.25, 0.3) is 0 Å². The number of hydrogen-bond donors (Lipinski definition) is 0. The molecule has 0 saturated heterocycles. The van der Waals surface area contributed by atoms with E-state index >= 15 is 0 Å². The molecule has 0 saturated carbocycles. The molecular weight excluding hydrogens is 178 g/mol. The van der Waals surface area contributed by atoms with Crippen LogP contribution in [0, 0.1) is 6.92 Å². The third kappa shape index (κ3) is 1.39. The minimum atomic E-state index is 0.192. The Hall–Kier alpha value is -1.38. The average Bonchev–Trinajstić information content (AvgIpc) is 2.17. The molecule has 1 aromatic rings. The third-order valence-corrected chi connectivity index (χ3v) is 2.58. The summed E-state index contributed by atoms with van der Waals surface area (Å²) in [4.78, 5) is 16.0. The molecule has 0 amide bonds. The van der Waals surface area contributed by atoms with Crippen molar-refractivity contribution in [1.82, 2.24) is 4.98 Å². The van der Waals surface area contributed by atoms with Crippen molar-refractivity contribution in [2.24, 2.45) is 0 Å². The van der Waals surface area contributed by atoms with Gasteiger partial charge in [0.15, 0.2) is 5.78 Å². The van der Waals surface area contributed by atoms with Gasteiger partial charge in [-0.15, -0.1) is 0 Å². The number of rotatable bonds is 1. The monoisotopic (exact) mass is 191 g/mol. The van der Waals surface area contributed by atoms with Crippen LogP contribution in [0.2, 0.25) is 0 Å². The topological polar surface area (TPSA) is 39.2 Å². The first kappa shape index (κ1) is 9.19. The van der Waals surface area contributed by atoms with Gasteiger partial charge in [-0.3, -0.25) is 9.78 Å². The van der Waals surface area contributed by atoms with Crippen molar-refractivity contribution in [2.75, 3.05) is 7.11 Å². The first-order chi connectivity index (χ1) is 6.72. The van der Waals surface area contributed by atoms with E-state index in [2.05, 4.69) is 4.98 Å². The summed E-state index contributed by atoms with van der Waals surface area (Å²) in [6.45, 7) is 1.90. The first-order valence-corrected chi connectivity index (χ1v) is 4.80. The molecule has 0 aliphatic heterocycles. The lowest BCUT2D eigenvalue weighted by atomic mass is 9.94. The zero-order valence-electron chi connectivity index (χ0n) is 8.46. The van der Waals surface area contributed by atoms with Crippen LogP contribution in [0.25, 0.3) is 0 Å². The second-order valence-corrected chi connectivity index (χ2v) is 3.55. The minimum absolute atomic E-state index is 0.192. The smallest absolute Gasteiger partial charge is 0.164 e. The van der Waals surface area contributed by atoms with Gasteiger partial charge >= 0.3 is 0 Å². The molecule has 14 heavy (non-hydrogen) atoms. The van der Waals surface area contributed by atoms with Crippen LogP contribution in [-0.2, 0) is 6.42 Å². The number of methoxy groups -OCH3 is 1. The number of Topliss-reactive ketones (excluding diaryl/α,β-unsaturated/α-hetero) is 1. The van der Waals surface area contributed by atoms with Gasteiger partial charge in [-0.2, -0.15) is 0 Å². The summed E-state index contributed by atoms with van der Waals surface area (Å²) in [5, 5.41) is 0. The van der Waals surface area contributed by atoms with Gasteiger partial charge in [0, 0.05) is 12.0 Å². The van der Waals surface area contributed by atoms with Crippen molar-refractivity contribution in [3.63, 3.8) is 0 Å². The predicted octanol–water partition coefficient (Wildman–Crippen LogP) is 1.92. The second-order valence-electron chi connectivity index (χ2n) is 3.55. The average molecular weight is 191 g/mol. The summed E-state index contributed by atoms with van der Waals surface area (Å²) >= 11 is 0. The molecule has 1 aromatic heterocycles. The number of ether oxygens (including phenoxy) is 1. The maximum absolute atomic E-state index is 11.6. The minimum Gasteiger partial charge on any atom is -0.495 e. The van der Waals surface area contributed by atoms with E-state index in [4.69, 9.17) is 4.74 Å². The molecule has 2 rings (SSSR count). The molecule has 1 heterocycles. The predicted molar refractivity (Wildman–Crippen MR) is 52.8 cm³/mol. The van der Waals surface area contributed by atoms with Gasteiger partial charge in [0.05, 0.1) is 18.5 Å². The molecule has 0 fully saturated rings. The van der Waals surface area contributed by atoms with E-state index in [0.29, 0.717) is 12.2 Å². The van der Waals surface area contributed by atoms with E-state index in [9.17, 15) is 4.79 Å². The van der Waals surface area contributed by atoms with Crippen LogP contribution in [0.1, 0.15) is 34.6 Å². The lowest BCUT2D eigenvalue weighted by Gasteiger charge is -2.15. The van der Waals surface area contributed by atoms with E-state index in [1.807, 2.05) is 13.0 Å². The number of ketones is 1. The van der Waals surface area contributed by atoms with Gasteiger partial charge in [-0.05, 0) is 25.8 Å². The van der Waals surface area contributed by atoms with Crippen molar-refractivity contribution < 1.29 is 9.53 Å². The SMILES string of the molecule is COc1cc2c(nc1C)CCCC2=O. The Bertz CT molecular complexity index is 385. The largest absolute Gasteiger partial charge is 0.495 e. The lowest BCUT2D eigenvalue weighted by Crippen LogP contribution is -2.13. The summed E-state index contributed by atoms with van der Waals surface area (Å²) in [6, 6.07) is 1.82. The van der Waals surface area contributed by atoms with Crippen molar-refractivity contribution in [3.8, 4) is 5.75 Å². The van der Waals surface area contributed by atoms with Crippen molar-refractivity contribution >= 4 is 5.78 Å². The molecular formula is C11H13NO2. The Labute approximate surface area is 83.1 Å². The number of carbonyl (C=O) groups excluding carboxylic acids is 1. The molecule has 0 atom stereocenters. The van der Waals surface area contributed by atoms with Crippen LogP contribution < -0.4 is 4.74 Å². The molecule has 3 nitrogen and oxygen atoms in total. The fraction of sp³-hybridized carbons (Fsp3) is 0.455. The maximum Gasteiger partial charge on any atom is 0.164 e. The Morgan fingerprint density at radius 3 is 2.93 bits per heavy atom. The molecule has 74 valence electrons. The summed E-state index contributed by atoms with van der Waals surface area (Å²) in [6.07, 6.45) is 2.47. The van der Waals surface area contributed by atoms with Crippen molar-refractivity contribution in [3.05, 3.63) is 23.0 Å². The highest BCUT2D eigenvalue weighted by Gasteiger charge is 2.20. The normalized spacial score (nSPS) is 15.1.